The molecule has 0 atom stereocenters. The molecule has 1 saturated carbocycles. The smallest absolute Gasteiger partial charge is 0.257 e. The molecule has 1 aromatic carbocycles. The standard InChI is InChI=1S/C17H17N3O4/c1-24-12-5-6-14(13(8-12)17(23)19-11-3-4-11)20-16(22)10-2-7-15(21)18-9-10/h2,5-9,11H,3-4H2,1H3,(H,18,21)(H,19,23)(H,20,22). The first kappa shape index (κ1) is 15.8. The molecule has 3 rings (SSSR count). The van der Waals surface area contributed by atoms with E-state index in [1.54, 1.807) is 18.2 Å². The minimum absolute atomic E-state index is 0.200. The maximum atomic E-state index is 12.4. The number of H-pyrrole nitrogens is 1. The van der Waals surface area contributed by atoms with Gasteiger partial charge in [-0.15, -0.1) is 0 Å². The Bertz CT molecular complexity index is 819. The molecule has 0 spiro atoms. The van der Waals surface area contributed by atoms with Crippen molar-refractivity contribution in [3.8, 4) is 5.75 Å². The van der Waals surface area contributed by atoms with E-state index in [0.29, 0.717) is 22.6 Å². The molecule has 0 unspecified atom stereocenters. The van der Waals surface area contributed by atoms with Crippen LogP contribution in [0.5, 0.6) is 5.75 Å². The van der Waals surface area contributed by atoms with Crippen LogP contribution in [0.15, 0.2) is 41.3 Å². The van der Waals surface area contributed by atoms with Crippen LogP contribution in [0.4, 0.5) is 5.69 Å². The summed E-state index contributed by atoms with van der Waals surface area (Å²) < 4.78 is 5.15. The maximum Gasteiger partial charge on any atom is 0.257 e. The zero-order valence-electron chi connectivity index (χ0n) is 13.1. The molecule has 24 heavy (non-hydrogen) atoms. The van der Waals surface area contributed by atoms with Crippen molar-refractivity contribution in [2.24, 2.45) is 0 Å². The van der Waals surface area contributed by atoms with E-state index in [1.807, 2.05) is 0 Å². The molecule has 0 aliphatic heterocycles. The van der Waals surface area contributed by atoms with Crippen LogP contribution in [-0.4, -0.2) is 29.9 Å². The van der Waals surface area contributed by atoms with Gasteiger partial charge < -0.3 is 20.4 Å². The molecule has 3 N–H and O–H groups in total. The van der Waals surface area contributed by atoms with Gasteiger partial charge in [0.25, 0.3) is 11.8 Å². The molecule has 1 aliphatic carbocycles. The summed E-state index contributed by atoms with van der Waals surface area (Å²) in [5.41, 5.74) is 0.712. The predicted molar refractivity (Wildman–Crippen MR) is 88.5 cm³/mol. The number of ether oxygens (including phenoxy) is 1. The normalized spacial score (nSPS) is 13.2. The topological polar surface area (TPSA) is 100 Å². The third-order valence-electron chi connectivity index (χ3n) is 3.68. The van der Waals surface area contributed by atoms with Crippen molar-refractivity contribution < 1.29 is 14.3 Å². The van der Waals surface area contributed by atoms with Gasteiger partial charge in [0.15, 0.2) is 0 Å². The van der Waals surface area contributed by atoms with Gasteiger partial charge in [-0.3, -0.25) is 14.4 Å². The lowest BCUT2D eigenvalue weighted by molar-refractivity contribution is 0.0951. The number of rotatable bonds is 5. The predicted octanol–water partition coefficient (Wildman–Crippen LogP) is 1.53. The van der Waals surface area contributed by atoms with Crippen LogP contribution >= 0.6 is 0 Å². The van der Waals surface area contributed by atoms with Crippen LogP contribution in [0.25, 0.3) is 0 Å². The maximum absolute atomic E-state index is 12.4. The number of benzene rings is 1. The highest BCUT2D eigenvalue weighted by Gasteiger charge is 2.25. The highest BCUT2D eigenvalue weighted by molar-refractivity contribution is 6.09. The summed E-state index contributed by atoms with van der Waals surface area (Å²) in [6.07, 6.45) is 3.26. The summed E-state index contributed by atoms with van der Waals surface area (Å²) in [6, 6.07) is 7.75. The van der Waals surface area contributed by atoms with Crippen LogP contribution in [0.1, 0.15) is 33.6 Å². The molecule has 124 valence electrons. The van der Waals surface area contributed by atoms with Crippen LogP contribution in [0.3, 0.4) is 0 Å². The molecule has 1 aromatic heterocycles. The van der Waals surface area contributed by atoms with E-state index in [1.165, 1.54) is 25.4 Å². The van der Waals surface area contributed by atoms with Gasteiger partial charge in [0.2, 0.25) is 5.56 Å². The molecule has 0 saturated heterocycles. The van der Waals surface area contributed by atoms with E-state index in [9.17, 15) is 14.4 Å². The first-order valence-electron chi connectivity index (χ1n) is 7.56. The summed E-state index contributed by atoms with van der Waals surface area (Å²) in [4.78, 5) is 38.2. The van der Waals surface area contributed by atoms with Gasteiger partial charge in [-0.2, -0.15) is 0 Å². The number of aromatic amines is 1. The summed E-state index contributed by atoms with van der Waals surface area (Å²) in [5, 5.41) is 5.58. The van der Waals surface area contributed by atoms with Crippen LogP contribution in [0.2, 0.25) is 0 Å². The first-order chi connectivity index (χ1) is 11.6. The fourth-order valence-electron chi connectivity index (χ4n) is 2.18. The molecule has 1 fully saturated rings. The van der Waals surface area contributed by atoms with Gasteiger partial charge in [0, 0.05) is 18.3 Å². The van der Waals surface area contributed by atoms with Crippen molar-refractivity contribution in [1.82, 2.24) is 10.3 Å². The van der Waals surface area contributed by atoms with E-state index in [-0.39, 0.29) is 17.5 Å². The zero-order chi connectivity index (χ0) is 17.1. The Morgan fingerprint density at radius 1 is 1.17 bits per heavy atom. The number of anilines is 1. The Morgan fingerprint density at radius 2 is 1.96 bits per heavy atom. The number of amides is 2. The second kappa shape index (κ2) is 6.57. The first-order valence-corrected chi connectivity index (χ1v) is 7.56. The molecule has 1 aliphatic rings. The Morgan fingerprint density at radius 3 is 2.58 bits per heavy atom. The van der Waals surface area contributed by atoms with Gasteiger partial charge in [-0.05, 0) is 37.1 Å². The minimum Gasteiger partial charge on any atom is -0.497 e. The Labute approximate surface area is 138 Å². The third kappa shape index (κ3) is 3.62. The lowest BCUT2D eigenvalue weighted by Crippen LogP contribution is -2.27. The van der Waals surface area contributed by atoms with Crippen LogP contribution < -0.4 is 20.9 Å². The van der Waals surface area contributed by atoms with Gasteiger partial charge in [0.1, 0.15) is 5.75 Å². The van der Waals surface area contributed by atoms with Gasteiger partial charge >= 0.3 is 0 Å². The molecule has 7 nitrogen and oxygen atoms in total. The van der Waals surface area contributed by atoms with E-state index in [4.69, 9.17) is 4.74 Å². The van der Waals surface area contributed by atoms with E-state index in [0.717, 1.165) is 12.8 Å². The monoisotopic (exact) mass is 327 g/mol. The number of methoxy groups -OCH3 is 1. The SMILES string of the molecule is COc1ccc(NC(=O)c2ccc(=O)[nH]c2)c(C(=O)NC2CC2)c1. The highest BCUT2D eigenvalue weighted by atomic mass is 16.5. The molecule has 2 aromatic rings. The van der Waals surface area contributed by atoms with Crippen molar-refractivity contribution >= 4 is 17.5 Å². The second-order valence-corrected chi connectivity index (χ2v) is 5.55. The van der Waals surface area contributed by atoms with Crippen molar-refractivity contribution in [1.29, 1.82) is 0 Å². The number of nitrogens with one attached hydrogen (secondary N) is 3. The number of carbonyl (C=O) groups excluding carboxylic acids is 2. The van der Waals surface area contributed by atoms with Gasteiger partial charge in [-0.1, -0.05) is 0 Å². The molecule has 7 heteroatoms. The van der Waals surface area contributed by atoms with Crippen LogP contribution in [0, 0.1) is 0 Å². The highest BCUT2D eigenvalue weighted by Crippen LogP contribution is 2.25. The van der Waals surface area contributed by atoms with Crippen molar-refractivity contribution in [2.75, 3.05) is 12.4 Å². The third-order valence-corrected chi connectivity index (χ3v) is 3.68. The lowest BCUT2D eigenvalue weighted by Gasteiger charge is -2.13. The van der Waals surface area contributed by atoms with Crippen molar-refractivity contribution in [3.63, 3.8) is 0 Å². The Hall–Kier alpha value is -3.09. The second-order valence-electron chi connectivity index (χ2n) is 5.55. The van der Waals surface area contributed by atoms with E-state index in [2.05, 4.69) is 15.6 Å². The van der Waals surface area contributed by atoms with E-state index < -0.39 is 5.91 Å². The molecule has 2 amide bonds. The number of aromatic nitrogens is 1. The van der Waals surface area contributed by atoms with Gasteiger partial charge in [0.05, 0.1) is 23.9 Å². The average Bonchev–Trinajstić information content (AvgIpc) is 3.39. The molecule has 0 radical (unpaired) electrons. The summed E-state index contributed by atoms with van der Waals surface area (Å²) >= 11 is 0. The number of hydrogen-bond donors (Lipinski definition) is 3. The zero-order valence-corrected chi connectivity index (χ0v) is 13.1. The fourth-order valence-corrected chi connectivity index (χ4v) is 2.18. The largest absolute Gasteiger partial charge is 0.497 e. The number of hydrogen-bond acceptors (Lipinski definition) is 4. The van der Waals surface area contributed by atoms with Crippen molar-refractivity contribution in [2.45, 2.75) is 18.9 Å². The Balaban J connectivity index is 1.85. The van der Waals surface area contributed by atoms with Crippen LogP contribution in [-0.2, 0) is 0 Å². The number of pyridine rings is 1. The minimum atomic E-state index is -0.420. The molecule has 0 bridgehead atoms. The number of carbonyl (C=O) groups is 2. The summed E-state index contributed by atoms with van der Waals surface area (Å²) in [6.45, 7) is 0. The average molecular weight is 327 g/mol. The fraction of sp³-hybridized carbons (Fsp3) is 0.235. The Kier molecular flexibility index (Phi) is 4.33. The molecular weight excluding hydrogens is 310 g/mol. The van der Waals surface area contributed by atoms with Crippen molar-refractivity contribution in [3.05, 3.63) is 58.0 Å². The van der Waals surface area contributed by atoms with E-state index >= 15 is 0 Å². The molecule has 1 heterocycles. The summed E-state index contributed by atoms with van der Waals surface area (Å²) in [7, 11) is 1.51. The quantitative estimate of drug-likeness (QED) is 0.775. The molecular formula is C17H17N3O4. The summed E-state index contributed by atoms with van der Waals surface area (Å²) in [5.74, 6) is -0.150. The lowest BCUT2D eigenvalue weighted by atomic mass is 10.1. The van der Waals surface area contributed by atoms with Gasteiger partial charge in [-0.25, -0.2) is 0 Å².